The number of rotatable bonds is 5. The topological polar surface area (TPSA) is 89.3 Å². The molecule has 1 N–H and O–H groups in total. The molecule has 0 saturated heterocycles. The van der Waals surface area contributed by atoms with Crippen molar-refractivity contribution in [3.8, 4) is 0 Å². The molecule has 7 heteroatoms. The molecule has 2 aromatic carbocycles. The molecule has 2 aromatic rings. The Kier molecular flexibility index (Phi) is 4.58. The predicted molar refractivity (Wildman–Crippen MR) is 83.0 cm³/mol. The average Bonchev–Trinajstić information content (AvgIpc) is 2.47. The van der Waals surface area contributed by atoms with Gasteiger partial charge in [-0.15, -0.1) is 0 Å². The van der Waals surface area contributed by atoms with Gasteiger partial charge in [0.25, 0.3) is 5.69 Å². The SMILES string of the molecule is Cc1c([N+](=O)[O-])cccc1S(=O)(=O)NC(C)c1ccccc1. The second kappa shape index (κ2) is 6.25. The third kappa shape index (κ3) is 3.32. The summed E-state index contributed by atoms with van der Waals surface area (Å²) in [4.78, 5) is 10.3. The lowest BCUT2D eigenvalue weighted by molar-refractivity contribution is -0.385. The Balaban J connectivity index is 2.36. The minimum Gasteiger partial charge on any atom is -0.258 e. The first kappa shape index (κ1) is 16.1. The first-order chi connectivity index (χ1) is 10.3. The number of hydrogen-bond acceptors (Lipinski definition) is 4. The Morgan fingerprint density at radius 3 is 2.32 bits per heavy atom. The van der Waals surface area contributed by atoms with Crippen molar-refractivity contribution in [3.63, 3.8) is 0 Å². The number of nitrogens with zero attached hydrogens (tertiary/aromatic N) is 1. The van der Waals surface area contributed by atoms with Crippen LogP contribution in [0.3, 0.4) is 0 Å². The van der Waals surface area contributed by atoms with Crippen LogP contribution >= 0.6 is 0 Å². The van der Waals surface area contributed by atoms with Crippen LogP contribution in [-0.2, 0) is 10.0 Å². The number of nitrogens with one attached hydrogen (secondary N) is 1. The zero-order valence-corrected chi connectivity index (χ0v) is 13.0. The lowest BCUT2D eigenvalue weighted by Gasteiger charge is -2.15. The zero-order chi connectivity index (χ0) is 16.3. The number of benzene rings is 2. The van der Waals surface area contributed by atoms with Gasteiger partial charge in [-0.1, -0.05) is 36.4 Å². The Morgan fingerprint density at radius 1 is 1.09 bits per heavy atom. The highest BCUT2D eigenvalue weighted by molar-refractivity contribution is 7.89. The molecule has 0 amide bonds. The number of nitro benzene ring substituents is 1. The highest BCUT2D eigenvalue weighted by Crippen LogP contribution is 2.26. The van der Waals surface area contributed by atoms with Gasteiger partial charge in [-0.3, -0.25) is 10.1 Å². The Morgan fingerprint density at radius 2 is 1.73 bits per heavy atom. The van der Waals surface area contributed by atoms with Gasteiger partial charge in [0, 0.05) is 17.7 Å². The van der Waals surface area contributed by atoms with Crippen LogP contribution in [0.25, 0.3) is 0 Å². The molecule has 22 heavy (non-hydrogen) atoms. The molecule has 0 saturated carbocycles. The van der Waals surface area contributed by atoms with Crippen LogP contribution in [0.4, 0.5) is 5.69 Å². The maximum absolute atomic E-state index is 12.5. The molecule has 0 radical (unpaired) electrons. The minimum atomic E-state index is -3.85. The van der Waals surface area contributed by atoms with E-state index in [2.05, 4.69) is 4.72 Å². The second-order valence-electron chi connectivity index (χ2n) is 4.91. The van der Waals surface area contributed by atoms with Gasteiger partial charge in [0.2, 0.25) is 10.0 Å². The fraction of sp³-hybridized carbons (Fsp3) is 0.200. The van der Waals surface area contributed by atoms with Gasteiger partial charge >= 0.3 is 0 Å². The summed E-state index contributed by atoms with van der Waals surface area (Å²) in [5, 5.41) is 10.9. The molecule has 0 spiro atoms. The van der Waals surface area contributed by atoms with Crippen molar-refractivity contribution in [2.45, 2.75) is 24.8 Å². The average molecular weight is 320 g/mol. The van der Waals surface area contributed by atoms with E-state index in [1.165, 1.54) is 25.1 Å². The highest BCUT2D eigenvalue weighted by atomic mass is 32.2. The number of nitro groups is 1. The van der Waals surface area contributed by atoms with E-state index in [4.69, 9.17) is 0 Å². The number of hydrogen-bond donors (Lipinski definition) is 1. The van der Waals surface area contributed by atoms with Crippen molar-refractivity contribution in [1.82, 2.24) is 4.72 Å². The molecule has 116 valence electrons. The van der Waals surface area contributed by atoms with E-state index in [0.29, 0.717) is 0 Å². The predicted octanol–water partition coefficient (Wildman–Crippen LogP) is 2.94. The van der Waals surface area contributed by atoms with Crippen LogP contribution < -0.4 is 4.72 Å². The van der Waals surface area contributed by atoms with Crippen LogP contribution in [0.15, 0.2) is 53.4 Å². The van der Waals surface area contributed by atoms with Crippen LogP contribution in [0.2, 0.25) is 0 Å². The van der Waals surface area contributed by atoms with Gasteiger partial charge < -0.3 is 0 Å². The molecule has 0 aliphatic rings. The zero-order valence-electron chi connectivity index (χ0n) is 12.2. The van der Waals surface area contributed by atoms with E-state index in [1.807, 2.05) is 30.3 Å². The van der Waals surface area contributed by atoms with E-state index in [9.17, 15) is 18.5 Å². The monoisotopic (exact) mass is 320 g/mol. The molecule has 6 nitrogen and oxygen atoms in total. The minimum absolute atomic E-state index is 0.0792. The van der Waals surface area contributed by atoms with Crippen molar-refractivity contribution in [1.29, 1.82) is 0 Å². The molecule has 1 atom stereocenters. The second-order valence-corrected chi connectivity index (χ2v) is 6.59. The summed E-state index contributed by atoms with van der Waals surface area (Å²) in [5.41, 5.74) is 0.727. The molecule has 2 rings (SSSR count). The van der Waals surface area contributed by atoms with Gasteiger partial charge in [0.1, 0.15) is 0 Å². The van der Waals surface area contributed by atoms with E-state index < -0.39 is 21.0 Å². The maximum Gasteiger partial charge on any atom is 0.273 e. The van der Waals surface area contributed by atoms with Crippen molar-refractivity contribution < 1.29 is 13.3 Å². The summed E-state index contributed by atoms with van der Waals surface area (Å²) in [6.45, 7) is 3.15. The fourth-order valence-electron chi connectivity index (χ4n) is 2.20. The summed E-state index contributed by atoms with van der Waals surface area (Å²) in [5.74, 6) is 0. The van der Waals surface area contributed by atoms with Gasteiger partial charge in [-0.25, -0.2) is 13.1 Å². The van der Waals surface area contributed by atoms with Crippen molar-refractivity contribution in [3.05, 3.63) is 69.8 Å². The quantitative estimate of drug-likeness (QED) is 0.677. The molecular formula is C15H16N2O4S. The molecule has 0 aliphatic carbocycles. The standard InChI is InChI=1S/C15H16N2O4S/c1-11-14(17(18)19)9-6-10-15(11)22(20,21)16-12(2)13-7-4-3-5-8-13/h3-10,12,16H,1-2H3. The van der Waals surface area contributed by atoms with Gasteiger partial charge in [-0.2, -0.15) is 0 Å². The summed E-state index contributed by atoms with van der Waals surface area (Å²) in [6.07, 6.45) is 0. The smallest absolute Gasteiger partial charge is 0.258 e. The molecule has 0 fully saturated rings. The Labute approximate surface area is 129 Å². The fourth-order valence-corrected chi connectivity index (χ4v) is 3.69. The van der Waals surface area contributed by atoms with Crippen molar-refractivity contribution in [2.75, 3.05) is 0 Å². The lowest BCUT2D eigenvalue weighted by Crippen LogP contribution is -2.27. The summed E-state index contributed by atoms with van der Waals surface area (Å²) in [7, 11) is -3.85. The van der Waals surface area contributed by atoms with E-state index in [-0.39, 0.29) is 16.1 Å². The van der Waals surface area contributed by atoms with Crippen molar-refractivity contribution in [2.24, 2.45) is 0 Å². The molecule has 0 bridgehead atoms. The Hall–Kier alpha value is -2.25. The normalized spacial score (nSPS) is 12.8. The first-order valence-corrected chi connectivity index (χ1v) is 8.12. The van der Waals surface area contributed by atoms with Gasteiger partial charge in [0.15, 0.2) is 0 Å². The third-order valence-corrected chi connectivity index (χ3v) is 5.06. The van der Waals surface area contributed by atoms with Crippen LogP contribution in [0.1, 0.15) is 24.1 Å². The largest absolute Gasteiger partial charge is 0.273 e. The molecule has 1 unspecified atom stereocenters. The molecule has 0 aliphatic heterocycles. The summed E-state index contributed by atoms with van der Waals surface area (Å²) >= 11 is 0. The first-order valence-electron chi connectivity index (χ1n) is 6.64. The van der Waals surface area contributed by atoms with Crippen molar-refractivity contribution >= 4 is 15.7 Å². The summed E-state index contributed by atoms with van der Waals surface area (Å²) < 4.78 is 27.5. The van der Waals surface area contributed by atoms with E-state index >= 15 is 0 Å². The molecular weight excluding hydrogens is 304 g/mol. The maximum atomic E-state index is 12.5. The summed E-state index contributed by atoms with van der Waals surface area (Å²) in [6, 6.07) is 12.7. The molecule has 0 aromatic heterocycles. The highest BCUT2D eigenvalue weighted by Gasteiger charge is 2.24. The lowest BCUT2D eigenvalue weighted by atomic mass is 10.1. The Bertz CT molecular complexity index is 788. The number of sulfonamides is 1. The van der Waals surface area contributed by atoms with Crippen LogP contribution in [0, 0.1) is 17.0 Å². The molecule has 0 heterocycles. The van der Waals surface area contributed by atoms with Crippen LogP contribution in [0.5, 0.6) is 0 Å². The van der Waals surface area contributed by atoms with E-state index in [0.717, 1.165) is 5.56 Å². The van der Waals surface area contributed by atoms with Crippen LogP contribution in [-0.4, -0.2) is 13.3 Å². The third-order valence-electron chi connectivity index (χ3n) is 3.37. The van der Waals surface area contributed by atoms with E-state index in [1.54, 1.807) is 6.92 Å². The van der Waals surface area contributed by atoms with Gasteiger partial charge in [0.05, 0.1) is 9.82 Å². The van der Waals surface area contributed by atoms with Gasteiger partial charge in [-0.05, 0) is 25.5 Å².